The normalized spacial score (nSPS) is 11.6. The number of H-pyrrole nitrogens is 1. The van der Waals surface area contributed by atoms with Gasteiger partial charge in [-0.25, -0.2) is 22.8 Å². The molecule has 0 aliphatic carbocycles. The molecular formula is C22H23FN6O3S. The van der Waals surface area contributed by atoms with Gasteiger partial charge in [0.15, 0.2) is 21.5 Å². The van der Waals surface area contributed by atoms with E-state index in [1.54, 1.807) is 30.5 Å². The predicted octanol–water partition coefficient (Wildman–Crippen LogP) is 3.81. The van der Waals surface area contributed by atoms with Gasteiger partial charge in [-0.2, -0.15) is 4.98 Å². The van der Waals surface area contributed by atoms with E-state index in [-0.39, 0.29) is 16.7 Å². The number of nitrogens with zero attached hydrogens (tertiary/aromatic N) is 4. The number of aromatic amines is 1. The Labute approximate surface area is 190 Å². The van der Waals surface area contributed by atoms with Gasteiger partial charge in [-0.15, -0.1) is 0 Å². The molecule has 0 bridgehead atoms. The zero-order chi connectivity index (χ0) is 23.4. The standard InChI is InChI=1S/C22H23FN6O3S/c1-32-11-5-10-29(19-9-4-8-18-20(19)26-14-25-18)21-17(23)13-24-22(28-21)27-15-6-3-7-16(12-15)33(2,30)31/h3-4,6-9,12-14H,5,10-11H2,1-2H3,(H,25,26)(H,24,27,28). The number of sulfone groups is 1. The summed E-state index contributed by atoms with van der Waals surface area (Å²) in [6, 6.07) is 11.9. The van der Waals surface area contributed by atoms with E-state index in [1.807, 2.05) is 18.2 Å². The fourth-order valence-corrected chi connectivity index (χ4v) is 4.08. The molecule has 4 rings (SSSR count). The molecule has 0 fully saturated rings. The molecule has 0 radical (unpaired) electrons. The monoisotopic (exact) mass is 470 g/mol. The second kappa shape index (κ2) is 9.51. The Bertz CT molecular complexity index is 1380. The zero-order valence-electron chi connectivity index (χ0n) is 18.1. The number of benzene rings is 2. The van der Waals surface area contributed by atoms with Crippen molar-refractivity contribution in [2.45, 2.75) is 11.3 Å². The zero-order valence-corrected chi connectivity index (χ0v) is 18.9. The van der Waals surface area contributed by atoms with Crippen LogP contribution in [0.15, 0.2) is 59.9 Å². The Morgan fingerprint density at radius 1 is 1.18 bits per heavy atom. The van der Waals surface area contributed by atoms with Gasteiger partial charge in [0.25, 0.3) is 0 Å². The maximum Gasteiger partial charge on any atom is 0.229 e. The minimum atomic E-state index is -3.38. The Balaban J connectivity index is 1.72. The van der Waals surface area contributed by atoms with E-state index in [9.17, 15) is 12.8 Å². The highest BCUT2D eigenvalue weighted by Crippen LogP contribution is 2.32. The Morgan fingerprint density at radius 3 is 2.79 bits per heavy atom. The summed E-state index contributed by atoms with van der Waals surface area (Å²) in [6.07, 6.45) is 4.42. The van der Waals surface area contributed by atoms with E-state index in [1.165, 1.54) is 12.1 Å². The number of hydrogen-bond donors (Lipinski definition) is 2. The van der Waals surface area contributed by atoms with E-state index >= 15 is 0 Å². The predicted molar refractivity (Wildman–Crippen MR) is 124 cm³/mol. The van der Waals surface area contributed by atoms with Crippen molar-refractivity contribution >= 4 is 44.0 Å². The Hall–Kier alpha value is -3.57. The molecule has 9 nitrogen and oxygen atoms in total. The number of ether oxygens (including phenoxy) is 1. The second-order valence-electron chi connectivity index (χ2n) is 7.36. The number of anilines is 4. The van der Waals surface area contributed by atoms with Gasteiger partial charge in [0, 0.05) is 32.2 Å². The topological polar surface area (TPSA) is 113 Å². The third-order valence-corrected chi connectivity index (χ3v) is 6.06. The molecule has 4 aromatic rings. The molecule has 0 spiro atoms. The highest BCUT2D eigenvalue weighted by molar-refractivity contribution is 7.90. The molecule has 0 amide bonds. The maximum absolute atomic E-state index is 15.0. The summed E-state index contributed by atoms with van der Waals surface area (Å²) >= 11 is 0. The van der Waals surface area contributed by atoms with Crippen LogP contribution in [0.5, 0.6) is 0 Å². The van der Waals surface area contributed by atoms with Crippen molar-refractivity contribution < 1.29 is 17.5 Å². The van der Waals surface area contributed by atoms with Crippen molar-refractivity contribution in [1.82, 2.24) is 19.9 Å². The molecule has 2 N–H and O–H groups in total. The van der Waals surface area contributed by atoms with Gasteiger partial charge in [0.2, 0.25) is 5.95 Å². The summed E-state index contributed by atoms with van der Waals surface area (Å²) in [4.78, 5) is 17.8. The number of aromatic nitrogens is 4. The molecule has 0 aliphatic rings. The van der Waals surface area contributed by atoms with Crippen LogP contribution in [0, 0.1) is 5.82 Å². The molecule has 33 heavy (non-hydrogen) atoms. The number of methoxy groups -OCH3 is 1. The lowest BCUT2D eigenvalue weighted by molar-refractivity contribution is 0.196. The average Bonchev–Trinajstić information content (AvgIpc) is 3.27. The van der Waals surface area contributed by atoms with Gasteiger partial charge in [0.05, 0.1) is 28.6 Å². The first-order valence-electron chi connectivity index (χ1n) is 10.1. The molecule has 11 heteroatoms. The van der Waals surface area contributed by atoms with Gasteiger partial charge >= 0.3 is 0 Å². The second-order valence-corrected chi connectivity index (χ2v) is 9.38. The van der Waals surface area contributed by atoms with Gasteiger partial charge in [-0.05, 0) is 36.8 Å². The molecule has 0 saturated heterocycles. The minimum Gasteiger partial charge on any atom is -0.385 e. The number of fused-ring (bicyclic) bond motifs is 1. The molecule has 0 saturated carbocycles. The average molecular weight is 471 g/mol. The molecule has 2 heterocycles. The van der Waals surface area contributed by atoms with Crippen molar-refractivity contribution in [3.05, 3.63) is 60.8 Å². The fourth-order valence-electron chi connectivity index (χ4n) is 3.42. The molecular weight excluding hydrogens is 447 g/mol. The summed E-state index contributed by atoms with van der Waals surface area (Å²) in [6.45, 7) is 0.917. The fraction of sp³-hybridized carbons (Fsp3) is 0.227. The highest BCUT2D eigenvalue weighted by Gasteiger charge is 2.20. The van der Waals surface area contributed by atoms with Crippen molar-refractivity contribution in [2.24, 2.45) is 0 Å². The number of nitrogens with one attached hydrogen (secondary N) is 2. The van der Waals surface area contributed by atoms with Crippen molar-refractivity contribution in [3.8, 4) is 0 Å². The first-order chi connectivity index (χ1) is 15.9. The quantitative estimate of drug-likeness (QED) is 0.355. The summed E-state index contributed by atoms with van der Waals surface area (Å²) < 4.78 is 43.9. The first kappa shape index (κ1) is 22.6. The van der Waals surface area contributed by atoms with E-state index < -0.39 is 15.7 Å². The molecule has 0 atom stereocenters. The Kier molecular flexibility index (Phi) is 6.52. The van der Waals surface area contributed by atoms with Crippen molar-refractivity contribution in [3.63, 3.8) is 0 Å². The number of halogens is 1. The lowest BCUT2D eigenvalue weighted by atomic mass is 10.2. The van der Waals surface area contributed by atoms with Crippen molar-refractivity contribution in [2.75, 3.05) is 36.7 Å². The SMILES string of the molecule is COCCCN(c1nc(Nc2cccc(S(C)(=O)=O)c2)ncc1F)c1cccc2[nH]cnc12. The van der Waals surface area contributed by atoms with Crippen LogP contribution < -0.4 is 10.2 Å². The molecule has 0 unspecified atom stereocenters. The molecule has 0 aliphatic heterocycles. The van der Waals surface area contributed by atoms with Crippen LogP contribution in [-0.4, -0.2) is 54.9 Å². The summed E-state index contributed by atoms with van der Waals surface area (Å²) in [5, 5.41) is 2.96. The molecule has 2 aromatic heterocycles. The smallest absolute Gasteiger partial charge is 0.229 e. The van der Waals surface area contributed by atoms with Crippen molar-refractivity contribution in [1.29, 1.82) is 0 Å². The number of hydrogen-bond acceptors (Lipinski definition) is 8. The maximum atomic E-state index is 15.0. The van der Waals surface area contributed by atoms with Gasteiger partial charge in [-0.3, -0.25) is 0 Å². The lowest BCUT2D eigenvalue weighted by Crippen LogP contribution is -2.23. The van der Waals surface area contributed by atoms with E-state index in [0.717, 1.165) is 18.0 Å². The van der Waals surface area contributed by atoms with E-state index in [4.69, 9.17) is 4.74 Å². The summed E-state index contributed by atoms with van der Waals surface area (Å²) in [7, 11) is -1.77. The van der Waals surface area contributed by atoms with Gasteiger partial charge in [0.1, 0.15) is 5.52 Å². The van der Waals surface area contributed by atoms with Crippen LogP contribution in [0.25, 0.3) is 11.0 Å². The third-order valence-electron chi connectivity index (χ3n) is 4.95. The van der Waals surface area contributed by atoms with E-state index in [0.29, 0.717) is 36.5 Å². The highest BCUT2D eigenvalue weighted by atomic mass is 32.2. The summed E-state index contributed by atoms with van der Waals surface area (Å²) in [5.74, 6) is -0.406. The van der Waals surface area contributed by atoms with Crippen LogP contribution in [-0.2, 0) is 14.6 Å². The molecule has 172 valence electrons. The van der Waals surface area contributed by atoms with Crippen LogP contribution in [0.4, 0.5) is 27.5 Å². The minimum absolute atomic E-state index is 0.0679. The van der Waals surface area contributed by atoms with E-state index in [2.05, 4.69) is 25.3 Å². The largest absolute Gasteiger partial charge is 0.385 e. The summed E-state index contributed by atoms with van der Waals surface area (Å²) in [5.41, 5.74) is 2.65. The van der Waals surface area contributed by atoms with Gasteiger partial charge in [-0.1, -0.05) is 12.1 Å². The van der Waals surface area contributed by atoms with Gasteiger partial charge < -0.3 is 19.9 Å². The lowest BCUT2D eigenvalue weighted by Gasteiger charge is -2.25. The van der Waals surface area contributed by atoms with Crippen LogP contribution >= 0.6 is 0 Å². The molecule has 2 aromatic carbocycles. The first-order valence-corrected chi connectivity index (χ1v) is 12.0. The van der Waals surface area contributed by atoms with Crippen LogP contribution in [0.1, 0.15) is 6.42 Å². The Morgan fingerprint density at radius 2 is 2.00 bits per heavy atom. The van der Waals surface area contributed by atoms with Crippen LogP contribution in [0.2, 0.25) is 0 Å². The number of para-hydroxylation sites is 1. The number of imidazole rings is 1. The third kappa shape index (κ3) is 5.10. The number of rotatable bonds is 9. The van der Waals surface area contributed by atoms with Crippen LogP contribution in [0.3, 0.4) is 0 Å².